The van der Waals surface area contributed by atoms with Gasteiger partial charge in [0.05, 0.1) is 5.52 Å². The van der Waals surface area contributed by atoms with Crippen molar-refractivity contribution in [3.05, 3.63) is 64.6 Å². The lowest BCUT2D eigenvalue weighted by atomic mass is 10.0. The Balaban J connectivity index is 1.64. The van der Waals surface area contributed by atoms with E-state index in [4.69, 9.17) is 11.6 Å². The van der Waals surface area contributed by atoms with E-state index in [0.717, 1.165) is 34.0 Å². The predicted octanol–water partition coefficient (Wildman–Crippen LogP) is 5.26. The van der Waals surface area contributed by atoms with E-state index < -0.39 is 12.2 Å². The average Bonchev–Trinajstić information content (AvgIpc) is 3.04. The monoisotopic (exact) mass is 384 g/mol. The molecular weight excluding hydrogens is 370 g/mol. The molecule has 0 atom stereocenters. The number of para-hydroxylation sites is 1. The van der Waals surface area contributed by atoms with Crippen molar-refractivity contribution in [1.82, 2.24) is 15.0 Å². The minimum atomic E-state index is -2.71. The van der Waals surface area contributed by atoms with Crippen LogP contribution in [0.25, 0.3) is 21.8 Å². The van der Waals surface area contributed by atoms with Gasteiger partial charge < -0.3 is 9.88 Å². The summed E-state index contributed by atoms with van der Waals surface area (Å²) in [6, 6.07) is 13.1. The van der Waals surface area contributed by atoms with E-state index in [1.54, 1.807) is 12.1 Å². The van der Waals surface area contributed by atoms with E-state index in [1.165, 1.54) is 0 Å². The topological polar surface area (TPSA) is 44.8 Å². The van der Waals surface area contributed by atoms with Crippen LogP contribution in [0.2, 0.25) is 5.02 Å². The van der Waals surface area contributed by atoms with E-state index in [1.807, 2.05) is 35.2 Å². The van der Waals surface area contributed by atoms with Gasteiger partial charge >= 0.3 is 0 Å². The molecule has 5 rings (SSSR count). The van der Waals surface area contributed by atoms with E-state index in [9.17, 15) is 8.78 Å². The number of nitrogens with one attached hydrogen (secondary N) is 1. The molecular formula is C20H15ClF2N4. The number of hydrogen-bond acceptors (Lipinski definition) is 3. The van der Waals surface area contributed by atoms with Crippen molar-refractivity contribution < 1.29 is 8.78 Å². The number of rotatable bonds is 2. The summed E-state index contributed by atoms with van der Waals surface area (Å²) in [6.45, 7) is 1.27. The zero-order chi connectivity index (χ0) is 18.5. The minimum Gasteiger partial charge on any atom is -0.358 e. The summed E-state index contributed by atoms with van der Waals surface area (Å²) in [4.78, 5) is 13.7. The number of nitrogens with zero attached hydrogens (tertiary/aromatic N) is 3. The van der Waals surface area contributed by atoms with Gasteiger partial charge in [-0.3, -0.25) is 0 Å². The summed E-state index contributed by atoms with van der Waals surface area (Å²) in [5.41, 5.74) is 3.87. The normalized spacial score (nSPS) is 14.3. The first-order chi connectivity index (χ1) is 13.1. The summed E-state index contributed by atoms with van der Waals surface area (Å²) in [5, 5.41) is 2.52. The Hall–Kier alpha value is -2.73. The van der Waals surface area contributed by atoms with Crippen LogP contribution >= 0.6 is 11.6 Å². The molecule has 0 saturated carbocycles. The summed E-state index contributed by atoms with van der Waals surface area (Å²) >= 11 is 6.17. The number of halogens is 3. The quantitative estimate of drug-likeness (QED) is 0.512. The second-order valence-electron chi connectivity index (χ2n) is 6.67. The number of anilines is 1. The molecule has 0 aliphatic carbocycles. The van der Waals surface area contributed by atoms with Crippen LogP contribution in [-0.2, 0) is 13.0 Å². The molecule has 2 aromatic carbocycles. The highest BCUT2D eigenvalue weighted by Gasteiger charge is 2.25. The molecule has 4 nitrogen and oxygen atoms in total. The van der Waals surface area contributed by atoms with Gasteiger partial charge in [-0.05, 0) is 30.3 Å². The molecule has 0 radical (unpaired) electrons. The Kier molecular flexibility index (Phi) is 3.75. The van der Waals surface area contributed by atoms with Crippen molar-refractivity contribution in [3.8, 4) is 0 Å². The van der Waals surface area contributed by atoms with E-state index in [-0.39, 0.29) is 0 Å². The third-order valence-electron chi connectivity index (χ3n) is 5.03. The highest BCUT2D eigenvalue weighted by atomic mass is 35.5. The van der Waals surface area contributed by atoms with Crippen molar-refractivity contribution in [3.63, 3.8) is 0 Å². The first-order valence-corrected chi connectivity index (χ1v) is 9.07. The largest absolute Gasteiger partial charge is 0.358 e. The second kappa shape index (κ2) is 6.16. The number of aromatic nitrogens is 3. The smallest absolute Gasteiger partial charge is 0.297 e. The van der Waals surface area contributed by atoms with Crippen LogP contribution in [0.4, 0.5) is 14.6 Å². The molecule has 0 spiro atoms. The lowest BCUT2D eigenvalue weighted by Crippen LogP contribution is -2.31. The lowest BCUT2D eigenvalue weighted by molar-refractivity contribution is 0.141. The highest BCUT2D eigenvalue weighted by molar-refractivity contribution is 6.31. The number of fused-ring (bicyclic) bond motifs is 4. The molecule has 4 aromatic rings. The van der Waals surface area contributed by atoms with Crippen LogP contribution in [0, 0.1) is 0 Å². The van der Waals surface area contributed by atoms with Crippen molar-refractivity contribution in [1.29, 1.82) is 0 Å². The maximum atomic E-state index is 13.3. The zero-order valence-corrected chi connectivity index (χ0v) is 15.0. The van der Waals surface area contributed by atoms with Crippen LogP contribution in [0.5, 0.6) is 0 Å². The van der Waals surface area contributed by atoms with Crippen LogP contribution in [0.3, 0.4) is 0 Å². The van der Waals surface area contributed by atoms with Gasteiger partial charge in [-0.25, -0.2) is 18.7 Å². The number of hydrogen-bond donors (Lipinski definition) is 1. The van der Waals surface area contributed by atoms with Gasteiger partial charge in [0.25, 0.3) is 6.43 Å². The minimum absolute atomic E-state index is 0.434. The van der Waals surface area contributed by atoms with Crippen LogP contribution < -0.4 is 4.90 Å². The molecule has 0 bridgehead atoms. The van der Waals surface area contributed by atoms with Gasteiger partial charge in [0, 0.05) is 52.1 Å². The molecule has 7 heteroatoms. The molecule has 1 aliphatic heterocycles. The molecule has 0 amide bonds. The summed E-state index contributed by atoms with van der Waals surface area (Å²) in [6.07, 6.45) is -1.93. The second-order valence-corrected chi connectivity index (χ2v) is 7.10. The molecule has 136 valence electrons. The van der Waals surface area contributed by atoms with E-state index >= 15 is 0 Å². The number of alkyl halides is 2. The predicted molar refractivity (Wildman–Crippen MR) is 103 cm³/mol. The Morgan fingerprint density at radius 2 is 1.93 bits per heavy atom. The fourth-order valence-corrected chi connectivity index (χ4v) is 3.96. The fraction of sp³-hybridized carbons (Fsp3) is 0.200. The van der Waals surface area contributed by atoms with Gasteiger partial charge in [-0.1, -0.05) is 23.7 Å². The first kappa shape index (κ1) is 16.4. The molecule has 0 fully saturated rings. The standard InChI is InChI=1S/C20H15ClF2N4/c21-11-5-6-16-13(9-11)14-10-27(8-7-17(14)24-16)20-12-3-1-2-4-15(12)25-19(26-20)18(22)23/h1-6,9,18,24H,7-8,10H2. The zero-order valence-electron chi connectivity index (χ0n) is 14.2. The summed E-state index contributed by atoms with van der Waals surface area (Å²) < 4.78 is 26.6. The van der Waals surface area contributed by atoms with Crippen molar-refractivity contribution in [2.45, 2.75) is 19.4 Å². The van der Waals surface area contributed by atoms with Crippen LogP contribution in [-0.4, -0.2) is 21.5 Å². The highest BCUT2D eigenvalue weighted by Crippen LogP contribution is 2.34. The summed E-state index contributed by atoms with van der Waals surface area (Å²) in [5.74, 6) is 0.120. The van der Waals surface area contributed by atoms with Crippen molar-refractivity contribution in [2.24, 2.45) is 0 Å². The van der Waals surface area contributed by atoms with E-state index in [2.05, 4.69) is 15.0 Å². The molecule has 1 aliphatic rings. The average molecular weight is 385 g/mol. The number of aromatic amines is 1. The third kappa shape index (κ3) is 2.72. The maximum Gasteiger partial charge on any atom is 0.297 e. The van der Waals surface area contributed by atoms with Gasteiger partial charge in [0.15, 0.2) is 5.82 Å². The number of benzene rings is 2. The fourth-order valence-electron chi connectivity index (χ4n) is 3.78. The van der Waals surface area contributed by atoms with Gasteiger partial charge in [-0.2, -0.15) is 0 Å². The first-order valence-electron chi connectivity index (χ1n) is 8.69. The Bertz CT molecular complexity index is 1170. The summed E-state index contributed by atoms with van der Waals surface area (Å²) in [7, 11) is 0. The van der Waals surface area contributed by atoms with Crippen molar-refractivity contribution in [2.75, 3.05) is 11.4 Å². The molecule has 0 unspecified atom stereocenters. The van der Waals surface area contributed by atoms with Gasteiger partial charge in [-0.15, -0.1) is 0 Å². The Morgan fingerprint density at radius 1 is 1.07 bits per heavy atom. The Labute approximate surface area is 158 Å². The molecule has 1 N–H and O–H groups in total. The van der Waals surface area contributed by atoms with E-state index in [0.29, 0.717) is 29.4 Å². The van der Waals surface area contributed by atoms with Gasteiger partial charge in [0.1, 0.15) is 5.82 Å². The Morgan fingerprint density at radius 3 is 2.78 bits per heavy atom. The van der Waals surface area contributed by atoms with Crippen LogP contribution in [0.1, 0.15) is 23.5 Å². The maximum absolute atomic E-state index is 13.3. The molecule has 27 heavy (non-hydrogen) atoms. The third-order valence-corrected chi connectivity index (χ3v) is 5.27. The lowest BCUT2D eigenvalue weighted by Gasteiger charge is -2.29. The molecule has 3 heterocycles. The van der Waals surface area contributed by atoms with Gasteiger partial charge in [0.2, 0.25) is 0 Å². The molecule has 2 aromatic heterocycles. The van der Waals surface area contributed by atoms with Crippen LogP contribution in [0.15, 0.2) is 42.5 Å². The number of H-pyrrole nitrogens is 1. The SMILES string of the molecule is FC(F)c1nc(N2CCc3[nH]c4ccc(Cl)cc4c3C2)c2ccccc2n1. The van der Waals surface area contributed by atoms with Crippen molar-refractivity contribution >= 4 is 39.2 Å². The molecule has 0 saturated heterocycles.